The molecule has 2 rings (SSSR count). The number of aliphatic hydroxyl groups excluding tert-OH is 1. The second kappa shape index (κ2) is 9.90. The summed E-state index contributed by atoms with van der Waals surface area (Å²) in [4.78, 5) is 0. The van der Waals surface area contributed by atoms with Crippen LogP contribution in [0.5, 0.6) is 11.5 Å². The molecule has 124 valence electrons. The zero-order valence-electron chi connectivity index (χ0n) is 13.6. The first kappa shape index (κ1) is 17.4. The van der Waals surface area contributed by atoms with Gasteiger partial charge in [-0.2, -0.15) is 0 Å². The quantitative estimate of drug-likeness (QED) is 0.649. The Morgan fingerprint density at radius 3 is 1.87 bits per heavy atom. The van der Waals surface area contributed by atoms with Crippen molar-refractivity contribution in [3.63, 3.8) is 0 Å². The molecule has 0 amide bonds. The van der Waals surface area contributed by atoms with Crippen LogP contribution in [0.4, 0.5) is 0 Å². The van der Waals surface area contributed by atoms with Crippen molar-refractivity contribution in [1.82, 2.24) is 0 Å². The topological polar surface area (TPSA) is 49.7 Å². The van der Waals surface area contributed by atoms with Crippen molar-refractivity contribution in [3.8, 4) is 11.5 Å². The number of aryl methyl sites for hydroxylation is 2. The third kappa shape index (κ3) is 6.74. The van der Waals surface area contributed by atoms with Gasteiger partial charge in [0, 0.05) is 6.61 Å². The molecule has 0 fully saturated rings. The van der Waals surface area contributed by atoms with Crippen LogP contribution in [0.2, 0.25) is 0 Å². The molecule has 2 N–H and O–H groups in total. The van der Waals surface area contributed by atoms with Gasteiger partial charge >= 0.3 is 0 Å². The van der Waals surface area contributed by atoms with Crippen molar-refractivity contribution in [2.24, 2.45) is 0 Å². The Hall–Kier alpha value is -2.00. The van der Waals surface area contributed by atoms with E-state index >= 15 is 0 Å². The summed E-state index contributed by atoms with van der Waals surface area (Å²) in [5.41, 5.74) is 2.51. The number of rotatable bonds is 10. The highest BCUT2D eigenvalue weighted by molar-refractivity contribution is 5.29. The second-order valence-corrected chi connectivity index (χ2v) is 5.80. The van der Waals surface area contributed by atoms with Crippen LogP contribution >= 0.6 is 0 Å². The summed E-state index contributed by atoms with van der Waals surface area (Å²) in [6.45, 7) is 1.02. The van der Waals surface area contributed by atoms with Gasteiger partial charge in [-0.05, 0) is 67.5 Å². The molecule has 0 saturated carbocycles. The van der Waals surface area contributed by atoms with Gasteiger partial charge in [-0.3, -0.25) is 0 Å². The number of aromatic hydroxyl groups is 1. The number of phenols is 1. The minimum Gasteiger partial charge on any atom is -0.508 e. The van der Waals surface area contributed by atoms with E-state index in [1.807, 2.05) is 24.3 Å². The Kier molecular flexibility index (Phi) is 7.47. The van der Waals surface area contributed by atoms with Crippen LogP contribution in [0, 0.1) is 0 Å². The first-order valence-electron chi connectivity index (χ1n) is 8.38. The molecule has 0 bridgehead atoms. The number of hydrogen-bond acceptors (Lipinski definition) is 3. The molecule has 2 aromatic carbocycles. The number of unbranched alkanes of at least 4 members (excludes halogenated alkanes) is 3. The molecule has 0 radical (unpaired) electrons. The Bertz CT molecular complexity index is 546. The van der Waals surface area contributed by atoms with Crippen LogP contribution in [0.15, 0.2) is 48.5 Å². The lowest BCUT2D eigenvalue weighted by molar-refractivity contribution is 0.273. The van der Waals surface area contributed by atoms with Crippen LogP contribution in [0.25, 0.3) is 0 Å². The van der Waals surface area contributed by atoms with Gasteiger partial charge in [0.15, 0.2) is 0 Å². The predicted octanol–water partition coefficient (Wildman–Crippen LogP) is 4.11. The molecule has 0 saturated heterocycles. The number of aliphatic hydroxyl groups is 1. The minimum atomic E-state index is 0.284. The highest BCUT2D eigenvalue weighted by Gasteiger charge is 1.99. The summed E-state index contributed by atoms with van der Waals surface area (Å²) in [5, 5.41) is 18.0. The SMILES string of the molecule is OCCCCCCOc1ccc(CCc2ccc(O)cc2)cc1. The maximum Gasteiger partial charge on any atom is 0.119 e. The van der Waals surface area contributed by atoms with E-state index < -0.39 is 0 Å². The third-order valence-electron chi connectivity index (χ3n) is 3.88. The second-order valence-electron chi connectivity index (χ2n) is 5.80. The maximum absolute atomic E-state index is 9.28. The molecule has 0 aliphatic carbocycles. The van der Waals surface area contributed by atoms with E-state index in [-0.39, 0.29) is 6.61 Å². The highest BCUT2D eigenvalue weighted by atomic mass is 16.5. The average Bonchev–Trinajstić information content (AvgIpc) is 2.58. The van der Waals surface area contributed by atoms with Crippen molar-refractivity contribution in [3.05, 3.63) is 59.7 Å². The van der Waals surface area contributed by atoms with Crippen LogP contribution < -0.4 is 4.74 Å². The summed E-state index contributed by atoms with van der Waals surface area (Å²) in [7, 11) is 0. The number of hydrogen-bond donors (Lipinski definition) is 2. The molecule has 0 aliphatic heterocycles. The van der Waals surface area contributed by atoms with Gasteiger partial charge in [0.25, 0.3) is 0 Å². The van der Waals surface area contributed by atoms with E-state index in [0.717, 1.165) is 50.9 Å². The van der Waals surface area contributed by atoms with Gasteiger partial charge in [-0.25, -0.2) is 0 Å². The molecule has 0 spiro atoms. The molecule has 0 atom stereocenters. The predicted molar refractivity (Wildman–Crippen MR) is 93.0 cm³/mol. The van der Waals surface area contributed by atoms with E-state index in [9.17, 15) is 5.11 Å². The van der Waals surface area contributed by atoms with Crippen LogP contribution in [-0.2, 0) is 12.8 Å². The third-order valence-corrected chi connectivity index (χ3v) is 3.88. The van der Waals surface area contributed by atoms with E-state index in [2.05, 4.69) is 12.1 Å². The van der Waals surface area contributed by atoms with Crippen LogP contribution in [0.1, 0.15) is 36.8 Å². The molecule has 0 unspecified atom stereocenters. The molecular weight excluding hydrogens is 288 g/mol. The zero-order valence-corrected chi connectivity index (χ0v) is 13.6. The summed E-state index contributed by atoms with van der Waals surface area (Å²) in [5.74, 6) is 1.23. The van der Waals surface area contributed by atoms with E-state index in [1.54, 1.807) is 12.1 Å². The summed E-state index contributed by atoms with van der Waals surface area (Å²) in [6.07, 6.45) is 6.03. The molecule has 23 heavy (non-hydrogen) atoms. The maximum atomic E-state index is 9.28. The highest BCUT2D eigenvalue weighted by Crippen LogP contribution is 2.16. The van der Waals surface area contributed by atoms with Crippen LogP contribution in [-0.4, -0.2) is 23.4 Å². The van der Waals surface area contributed by atoms with Gasteiger partial charge in [0.2, 0.25) is 0 Å². The molecule has 0 aromatic heterocycles. The largest absolute Gasteiger partial charge is 0.508 e. The fourth-order valence-electron chi connectivity index (χ4n) is 2.46. The molecule has 3 heteroatoms. The summed E-state index contributed by atoms with van der Waals surface area (Å²) >= 11 is 0. The van der Waals surface area contributed by atoms with Crippen molar-refractivity contribution in [1.29, 1.82) is 0 Å². The summed E-state index contributed by atoms with van der Waals surface area (Å²) in [6, 6.07) is 15.7. The van der Waals surface area contributed by atoms with E-state index in [1.165, 1.54) is 11.1 Å². The molecule has 3 nitrogen and oxygen atoms in total. The fraction of sp³-hybridized carbons (Fsp3) is 0.400. The van der Waals surface area contributed by atoms with E-state index in [4.69, 9.17) is 9.84 Å². The summed E-state index contributed by atoms with van der Waals surface area (Å²) < 4.78 is 5.73. The zero-order chi connectivity index (χ0) is 16.3. The normalized spacial score (nSPS) is 10.7. The van der Waals surface area contributed by atoms with E-state index in [0.29, 0.717) is 5.75 Å². The fourth-order valence-corrected chi connectivity index (χ4v) is 2.46. The smallest absolute Gasteiger partial charge is 0.119 e. The van der Waals surface area contributed by atoms with Gasteiger partial charge in [-0.1, -0.05) is 30.7 Å². The first-order chi connectivity index (χ1) is 11.3. The molecule has 0 heterocycles. The Morgan fingerprint density at radius 2 is 1.26 bits per heavy atom. The Balaban J connectivity index is 1.68. The van der Waals surface area contributed by atoms with Gasteiger partial charge in [0.05, 0.1) is 6.61 Å². The monoisotopic (exact) mass is 314 g/mol. The van der Waals surface area contributed by atoms with Crippen molar-refractivity contribution >= 4 is 0 Å². The molecular formula is C20H26O3. The number of benzene rings is 2. The lowest BCUT2D eigenvalue weighted by Crippen LogP contribution is -1.98. The lowest BCUT2D eigenvalue weighted by atomic mass is 10.0. The van der Waals surface area contributed by atoms with Gasteiger partial charge in [-0.15, -0.1) is 0 Å². The van der Waals surface area contributed by atoms with Crippen molar-refractivity contribution in [2.45, 2.75) is 38.5 Å². The standard InChI is InChI=1S/C20H26O3/c21-15-3-1-2-4-16-23-20-13-9-18(10-14-20)6-5-17-7-11-19(22)12-8-17/h7-14,21-22H,1-6,15-16H2. The number of ether oxygens (including phenoxy) is 1. The molecule has 2 aromatic rings. The minimum absolute atomic E-state index is 0.284. The van der Waals surface area contributed by atoms with Crippen molar-refractivity contribution < 1.29 is 14.9 Å². The van der Waals surface area contributed by atoms with Gasteiger partial charge in [0.1, 0.15) is 11.5 Å². The Labute approximate surface area is 138 Å². The van der Waals surface area contributed by atoms with Crippen LogP contribution in [0.3, 0.4) is 0 Å². The van der Waals surface area contributed by atoms with Gasteiger partial charge < -0.3 is 14.9 Å². The number of phenolic OH excluding ortho intramolecular Hbond substituents is 1. The van der Waals surface area contributed by atoms with Crippen molar-refractivity contribution in [2.75, 3.05) is 13.2 Å². The Morgan fingerprint density at radius 1 is 0.696 bits per heavy atom. The lowest BCUT2D eigenvalue weighted by Gasteiger charge is -2.07. The molecule has 0 aliphatic rings. The first-order valence-corrected chi connectivity index (χ1v) is 8.38. The average molecular weight is 314 g/mol.